The zero-order valence-electron chi connectivity index (χ0n) is 29.2. The first-order valence-electron chi connectivity index (χ1n) is 17.6. The van der Waals surface area contributed by atoms with E-state index >= 15 is 0 Å². The molecular weight excluding hydrogens is 632 g/mol. The fourth-order valence-corrected chi connectivity index (χ4v) is 7.87. The smallest absolute Gasteiger partial charge is 0.411 e. The molecule has 0 spiro atoms. The number of amides is 2. The normalized spacial score (nSPS) is 25.6. The Kier molecular flexibility index (Phi) is 6.67. The second-order valence-corrected chi connectivity index (χ2v) is 16.4. The third-order valence-electron chi connectivity index (χ3n) is 10.3. The number of carbonyl (C=O) groups excluding carboxylic acids is 2. The van der Waals surface area contributed by atoms with Gasteiger partial charge in [-0.1, -0.05) is 12.1 Å². The van der Waals surface area contributed by atoms with Crippen molar-refractivity contribution in [1.82, 2.24) is 39.7 Å². The zero-order valence-corrected chi connectivity index (χ0v) is 29.2. The SMILES string of the molecule is CC(C)(C)OC(=O)N1C(c2ncc(-c3ccc4nc(-c5ccc6nc([C@@H]7C[C@@H]8C[C@H]8N7C(=O)OC(C)(C)C)[nH]c6c5)cnc4c3)[nH]2)CC2CC21. The van der Waals surface area contributed by atoms with Crippen molar-refractivity contribution in [2.75, 3.05) is 0 Å². The summed E-state index contributed by atoms with van der Waals surface area (Å²) >= 11 is 0. The quantitative estimate of drug-likeness (QED) is 0.198. The molecule has 9 rings (SSSR count). The van der Waals surface area contributed by atoms with E-state index in [9.17, 15) is 9.59 Å². The van der Waals surface area contributed by atoms with Crippen LogP contribution in [0.5, 0.6) is 0 Å². The van der Waals surface area contributed by atoms with Crippen LogP contribution in [0, 0.1) is 11.8 Å². The molecular formula is C38H42N8O4. The first kappa shape index (κ1) is 31.0. The molecule has 258 valence electrons. The first-order chi connectivity index (χ1) is 23.8. The summed E-state index contributed by atoms with van der Waals surface area (Å²) in [5, 5.41) is 0. The third kappa shape index (κ3) is 5.54. The number of rotatable bonds is 4. The predicted molar refractivity (Wildman–Crippen MR) is 187 cm³/mol. The standard InChI is InChI=1S/C38H42N8O4/c1-37(2,3)49-35(47)45-29-13-21(29)15-31(45)33-40-18-28(44-33)19-7-9-23-25(11-19)39-17-27(41-23)20-8-10-24-26(12-20)43-34(42-24)32-16-22-14-30(22)46(32)36(48)50-38(4,5)6/h7-12,17-18,21-22,29-32H,13-16H2,1-6H3,(H,40,44)(H,42,43)/t21?,22-,29?,30+,31?,32-/m0/s1. The van der Waals surface area contributed by atoms with Crippen LogP contribution < -0.4 is 0 Å². The summed E-state index contributed by atoms with van der Waals surface area (Å²) in [5.74, 6) is 2.58. The maximum atomic E-state index is 13.1. The van der Waals surface area contributed by atoms with E-state index in [1.807, 2.05) is 93.9 Å². The summed E-state index contributed by atoms with van der Waals surface area (Å²) < 4.78 is 11.5. The molecule has 12 nitrogen and oxygen atoms in total. The van der Waals surface area contributed by atoms with E-state index in [1.54, 1.807) is 6.20 Å². The van der Waals surface area contributed by atoms with Crippen molar-refractivity contribution in [2.45, 2.75) is 103 Å². The summed E-state index contributed by atoms with van der Waals surface area (Å²) in [6, 6.07) is 12.3. The van der Waals surface area contributed by atoms with Gasteiger partial charge in [0.05, 0.1) is 57.9 Å². The van der Waals surface area contributed by atoms with Gasteiger partial charge in [-0.05, 0) is 103 Å². The van der Waals surface area contributed by atoms with Crippen molar-refractivity contribution in [3.05, 3.63) is 60.4 Å². The molecule has 2 saturated carbocycles. The molecule has 2 saturated heterocycles. The number of likely N-dealkylation sites (tertiary alicyclic amines) is 2. The molecule has 3 unspecified atom stereocenters. The molecule has 4 aliphatic rings. The van der Waals surface area contributed by atoms with Gasteiger partial charge in [0.15, 0.2) is 0 Å². The average Bonchev–Trinajstić information content (AvgIpc) is 3.67. The van der Waals surface area contributed by atoms with Crippen LogP contribution in [0.1, 0.15) is 91.0 Å². The summed E-state index contributed by atoms with van der Waals surface area (Å²) in [6.45, 7) is 11.4. The van der Waals surface area contributed by atoms with Gasteiger partial charge in [-0.3, -0.25) is 14.8 Å². The number of hydrogen-bond acceptors (Lipinski definition) is 8. The molecule has 0 radical (unpaired) electrons. The number of aromatic amines is 2. The number of ether oxygens (including phenoxy) is 2. The fraction of sp³-hybridized carbons (Fsp3) is 0.474. The van der Waals surface area contributed by atoms with Gasteiger partial charge in [0.1, 0.15) is 22.9 Å². The number of piperidine rings is 2. The maximum absolute atomic E-state index is 13.1. The van der Waals surface area contributed by atoms with E-state index in [4.69, 9.17) is 29.4 Å². The summed E-state index contributed by atoms with van der Waals surface area (Å²) in [7, 11) is 0. The average molecular weight is 675 g/mol. The molecule has 4 fully saturated rings. The summed E-state index contributed by atoms with van der Waals surface area (Å²) in [6.07, 6.45) is 6.91. The number of nitrogens with zero attached hydrogens (tertiary/aromatic N) is 6. The molecule has 2 aliphatic heterocycles. The van der Waals surface area contributed by atoms with Crippen molar-refractivity contribution in [3.8, 4) is 22.5 Å². The highest BCUT2D eigenvalue weighted by Crippen LogP contribution is 2.54. The number of aromatic nitrogens is 6. The Balaban J connectivity index is 0.937. The lowest BCUT2D eigenvalue weighted by molar-refractivity contribution is 0.0164. The minimum Gasteiger partial charge on any atom is -0.444 e. The first-order valence-corrected chi connectivity index (χ1v) is 17.6. The Morgan fingerprint density at radius 1 is 0.680 bits per heavy atom. The molecule has 6 atom stereocenters. The topological polar surface area (TPSA) is 142 Å². The van der Waals surface area contributed by atoms with Gasteiger partial charge in [-0.15, -0.1) is 0 Å². The van der Waals surface area contributed by atoms with E-state index in [0.29, 0.717) is 11.8 Å². The second kappa shape index (κ2) is 10.7. The number of imidazole rings is 2. The van der Waals surface area contributed by atoms with Gasteiger partial charge in [-0.25, -0.2) is 24.5 Å². The number of nitrogens with one attached hydrogen (secondary N) is 2. The van der Waals surface area contributed by atoms with Crippen LogP contribution in [-0.2, 0) is 9.47 Å². The minimum atomic E-state index is -0.551. The molecule has 50 heavy (non-hydrogen) atoms. The van der Waals surface area contributed by atoms with Gasteiger partial charge in [-0.2, -0.15) is 0 Å². The minimum absolute atomic E-state index is 0.124. The third-order valence-corrected chi connectivity index (χ3v) is 10.3. The number of benzene rings is 2. The maximum Gasteiger partial charge on any atom is 0.411 e. The van der Waals surface area contributed by atoms with E-state index < -0.39 is 11.2 Å². The lowest BCUT2D eigenvalue weighted by atomic mass is 10.1. The monoisotopic (exact) mass is 674 g/mol. The van der Waals surface area contributed by atoms with Gasteiger partial charge < -0.3 is 19.4 Å². The van der Waals surface area contributed by atoms with Crippen LogP contribution in [0.2, 0.25) is 0 Å². The Morgan fingerprint density at radius 3 is 1.96 bits per heavy atom. The Labute approximate surface area is 290 Å². The van der Waals surface area contributed by atoms with E-state index in [-0.39, 0.29) is 36.4 Å². The number of H-pyrrole nitrogens is 2. The van der Waals surface area contributed by atoms with Crippen LogP contribution in [0.15, 0.2) is 48.8 Å². The van der Waals surface area contributed by atoms with E-state index in [1.165, 1.54) is 0 Å². The molecule has 3 aromatic heterocycles. The summed E-state index contributed by atoms with van der Waals surface area (Å²) in [5.41, 5.74) is 5.67. The Bertz CT molecular complexity index is 2180. The molecule has 2 N–H and O–H groups in total. The molecule has 12 heteroatoms. The van der Waals surface area contributed by atoms with Crippen LogP contribution >= 0.6 is 0 Å². The Hall–Kier alpha value is -5.00. The van der Waals surface area contributed by atoms with Crippen LogP contribution in [0.4, 0.5) is 9.59 Å². The van der Waals surface area contributed by atoms with Crippen molar-refractivity contribution in [2.24, 2.45) is 11.8 Å². The lowest BCUT2D eigenvalue weighted by Gasteiger charge is -2.29. The van der Waals surface area contributed by atoms with Crippen LogP contribution in [0.25, 0.3) is 44.6 Å². The molecule has 2 aromatic carbocycles. The fourth-order valence-electron chi connectivity index (χ4n) is 7.87. The number of fused-ring (bicyclic) bond motifs is 4. The van der Waals surface area contributed by atoms with Crippen molar-refractivity contribution < 1.29 is 19.1 Å². The Morgan fingerprint density at radius 2 is 1.30 bits per heavy atom. The van der Waals surface area contributed by atoms with Gasteiger partial charge in [0.2, 0.25) is 0 Å². The highest BCUT2D eigenvalue weighted by Gasteiger charge is 2.57. The molecule has 2 amide bonds. The molecule has 0 bridgehead atoms. The van der Waals surface area contributed by atoms with Gasteiger partial charge >= 0.3 is 12.2 Å². The molecule has 2 aliphatic carbocycles. The van der Waals surface area contributed by atoms with Crippen molar-refractivity contribution >= 4 is 34.3 Å². The molecule has 5 heterocycles. The largest absolute Gasteiger partial charge is 0.444 e. The number of hydrogen-bond donors (Lipinski definition) is 2. The highest BCUT2D eigenvalue weighted by atomic mass is 16.6. The van der Waals surface area contributed by atoms with Crippen molar-refractivity contribution in [1.29, 1.82) is 0 Å². The zero-order chi connectivity index (χ0) is 34.7. The van der Waals surface area contributed by atoms with E-state index in [2.05, 4.69) is 9.97 Å². The van der Waals surface area contributed by atoms with Crippen LogP contribution in [-0.4, -0.2) is 75.2 Å². The lowest BCUT2D eigenvalue weighted by Crippen LogP contribution is -2.38. The van der Waals surface area contributed by atoms with Crippen LogP contribution in [0.3, 0.4) is 0 Å². The highest BCUT2D eigenvalue weighted by molar-refractivity contribution is 5.85. The van der Waals surface area contributed by atoms with Gasteiger partial charge in [0, 0.05) is 23.2 Å². The van der Waals surface area contributed by atoms with E-state index in [0.717, 1.165) is 81.9 Å². The molecule has 5 aromatic rings. The number of carbonyl (C=O) groups is 2. The summed E-state index contributed by atoms with van der Waals surface area (Å²) in [4.78, 5) is 56.2. The second-order valence-electron chi connectivity index (χ2n) is 16.4. The van der Waals surface area contributed by atoms with Gasteiger partial charge in [0.25, 0.3) is 0 Å². The van der Waals surface area contributed by atoms with Crippen molar-refractivity contribution in [3.63, 3.8) is 0 Å². The predicted octanol–water partition coefficient (Wildman–Crippen LogP) is 7.70.